The topological polar surface area (TPSA) is 51.5 Å². The van der Waals surface area contributed by atoms with E-state index in [4.69, 9.17) is 9.15 Å². The Balaban J connectivity index is 1.66. The molecule has 0 spiro atoms. The normalized spacial score (nSPS) is 16.4. The van der Waals surface area contributed by atoms with Crippen LogP contribution in [0.15, 0.2) is 65.1 Å². The van der Waals surface area contributed by atoms with Crippen LogP contribution in [0.5, 0.6) is 5.75 Å². The molecule has 5 heteroatoms. The van der Waals surface area contributed by atoms with Crippen LogP contribution in [0.3, 0.4) is 0 Å². The Hall–Kier alpha value is -3.08. The van der Waals surface area contributed by atoms with Gasteiger partial charge >= 0.3 is 0 Å². The average Bonchev–Trinajstić information content (AvgIpc) is 3.05. The number of benzene rings is 2. The Morgan fingerprint density at radius 2 is 1.65 bits per heavy atom. The zero-order chi connectivity index (χ0) is 15.8. The predicted octanol–water partition coefficient (Wildman–Crippen LogP) is 3.91. The third-order valence-corrected chi connectivity index (χ3v) is 3.66. The summed E-state index contributed by atoms with van der Waals surface area (Å²) in [7, 11) is 0. The minimum absolute atomic E-state index is 0.235. The average molecular weight is 309 g/mol. The van der Waals surface area contributed by atoms with Gasteiger partial charge in [0.25, 0.3) is 5.91 Å². The molecule has 2 aromatic carbocycles. The summed E-state index contributed by atoms with van der Waals surface area (Å²) < 4.78 is 25.2. The molecule has 4 rings (SSSR count). The monoisotopic (exact) mass is 309 g/mol. The number of carbonyl (C=O) groups excluding carboxylic acids is 1. The number of hydrogen-bond acceptors (Lipinski definition) is 3. The van der Waals surface area contributed by atoms with E-state index < -0.39 is 6.23 Å². The van der Waals surface area contributed by atoms with Gasteiger partial charge in [0.15, 0.2) is 5.76 Å². The lowest BCUT2D eigenvalue weighted by Gasteiger charge is -2.25. The maximum atomic E-state index is 13.8. The zero-order valence-electron chi connectivity index (χ0n) is 12.0. The molecular formula is C18H12FNO3. The fourth-order valence-electron chi connectivity index (χ4n) is 2.54. The van der Waals surface area contributed by atoms with Crippen molar-refractivity contribution in [1.29, 1.82) is 0 Å². The number of furan rings is 1. The summed E-state index contributed by atoms with van der Waals surface area (Å²) >= 11 is 0. The molecule has 3 aromatic rings. The van der Waals surface area contributed by atoms with Crippen LogP contribution >= 0.6 is 0 Å². The highest BCUT2D eigenvalue weighted by Gasteiger charge is 2.28. The van der Waals surface area contributed by atoms with Gasteiger partial charge in [-0.15, -0.1) is 0 Å². The second kappa shape index (κ2) is 5.28. The van der Waals surface area contributed by atoms with Crippen molar-refractivity contribution in [2.45, 2.75) is 6.23 Å². The SMILES string of the molecule is O=C1NC(c2ccc(-c3ccccc3F)o2)Oc2ccccc21. The van der Waals surface area contributed by atoms with Crippen LogP contribution in [-0.2, 0) is 0 Å². The first kappa shape index (κ1) is 13.6. The highest BCUT2D eigenvalue weighted by atomic mass is 19.1. The molecule has 23 heavy (non-hydrogen) atoms. The third-order valence-electron chi connectivity index (χ3n) is 3.66. The van der Waals surface area contributed by atoms with Gasteiger partial charge in [-0.2, -0.15) is 0 Å². The van der Waals surface area contributed by atoms with Gasteiger partial charge in [0, 0.05) is 0 Å². The lowest BCUT2D eigenvalue weighted by atomic mass is 10.1. The molecule has 2 heterocycles. The Morgan fingerprint density at radius 1 is 0.913 bits per heavy atom. The summed E-state index contributed by atoms with van der Waals surface area (Å²) in [4.78, 5) is 12.1. The second-order valence-corrected chi connectivity index (χ2v) is 5.15. The lowest BCUT2D eigenvalue weighted by molar-refractivity contribution is 0.0709. The van der Waals surface area contributed by atoms with Gasteiger partial charge in [-0.1, -0.05) is 24.3 Å². The molecular weight excluding hydrogens is 297 g/mol. The number of amides is 1. The van der Waals surface area contributed by atoms with Gasteiger partial charge < -0.3 is 14.5 Å². The summed E-state index contributed by atoms with van der Waals surface area (Å²) in [5.74, 6) is 0.680. The van der Waals surface area contributed by atoms with Crippen molar-refractivity contribution in [2.75, 3.05) is 0 Å². The van der Waals surface area contributed by atoms with Crippen molar-refractivity contribution in [3.63, 3.8) is 0 Å². The molecule has 1 aliphatic heterocycles. The smallest absolute Gasteiger partial charge is 0.258 e. The molecule has 0 aliphatic carbocycles. The van der Waals surface area contributed by atoms with E-state index in [1.807, 2.05) is 0 Å². The summed E-state index contributed by atoms with van der Waals surface area (Å²) in [5.41, 5.74) is 0.839. The van der Waals surface area contributed by atoms with Crippen molar-refractivity contribution in [3.8, 4) is 17.1 Å². The van der Waals surface area contributed by atoms with Crippen LogP contribution in [0.4, 0.5) is 4.39 Å². The Labute approximate surface area is 131 Å². The van der Waals surface area contributed by atoms with E-state index in [1.54, 1.807) is 54.6 Å². The Kier molecular flexibility index (Phi) is 3.12. The van der Waals surface area contributed by atoms with E-state index in [0.29, 0.717) is 28.4 Å². The third kappa shape index (κ3) is 2.36. The summed E-state index contributed by atoms with van der Waals surface area (Å²) in [6.07, 6.45) is -0.738. The predicted molar refractivity (Wildman–Crippen MR) is 81.4 cm³/mol. The van der Waals surface area contributed by atoms with Crippen LogP contribution in [0.2, 0.25) is 0 Å². The molecule has 114 valence electrons. The summed E-state index contributed by atoms with van der Waals surface area (Å²) in [5, 5.41) is 2.72. The molecule has 1 aromatic heterocycles. The molecule has 4 nitrogen and oxygen atoms in total. The molecule has 1 N–H and O–H groups in total. The number of fused-ring (bicyclic) bond motifs is 1. The molecule has 1 aliphatic rings. The van der Waals surface area contributed by atoms with Crippen LogP contribution in [-0.4, -0.2) is 5.91 Å². The molecule has 0 radical (unpaired) electrons. The van der Waals surface area contributed by atoms with Gasteiger partial charge in [0.05, 0.1) is 11.1 Å². The largest absolute Gasteiger partial charge is 0.462 e. The van der Waals surface area contributed by atoms with E-state index in [9.17, 15) is 9.18 Å². The number of nitrogens with one attached hydrogen (secondary N) is 1. The molecule has 0 bridgehead atoms. The molecule has 1 amide bonds. The van der Waals surface area contributed by atoms with Gasteiger partial charge in [-0.25, -0.2) is 4.39 Å². The first-order chi connectivity index (χ1) is 11.2. The molecule has 1 unspecified atom stereocenters. The molecule has 1 atom stereocenters. The van der Waals surface area contributed by atoms with E-state index in [0.717, 1.165) is 0 Å². The molecule has 0 saturated heterocycles. The number of carbonyl (C=O) groups is 1. The number of rotatable bonds is 2. The Bertz CT molecular complexity index is 887. The first-order valence-corrected chi connectivity index (χ1v) is 7.13. The summed E-state index contributed by atoms with van der Waals surface area (Å²) in [6, 6.07) is 16.6. The highest BCUT2D eigenvalue weighted by molar-refractivity contribution is 5.97. The van der Waals surface area contributed by atoms with Crippen LogP contribution in [0.1, 0.15) is 22.3 Å². The maximum Gasteiger partial charge on any atom is 0.258 e. The van der Waals surface area contributed by atoms with Gasteiger partial charge in [0.2, 0.25) is 6.23 Å². The number of ether oxygens (including phenoxy) is 1. The van der Waals surface area contributed by atoms with Crippen LogP contribution in [0, 0.1) is 5.82 Å². The minimum atomic E-state index is -0.738. The van der Waals surface area contributed by atoms with Crippen molar-refractivity contribution in [1.82, 2.24) is 5.32 Å². The molecule has 0 saturated carbocycles. The number of hydrogen-bond donors (Lipinski definition) is 1. The zero-order valence-corrected chi connectivity index (χ0v) is 12.0. The van der Waals surface area contributed by atoms with Crippen molar-refractivity contribution in [2.24, 2.45) is 0 Å². The van der Waals surface area contributed by atoms with Crippen LogP contribution < -0.4 is 10.1 Å². The van der Waals surface area contributed by atoms with Crippen molar-refractivity contribution in [3.05, 3.63) is 77.8 Å². The van der Waals surface area contributed by atoms with Crippen LogP contribution in [0.25, 0.3) is 11.3 Å². The van der Waals surface area contributed by atoms with Crippen molar-refractivity contribution < 1.29 is 18.3 Å². The van der Waals surface area contributed by atoms with E-state index in [2.05, 4.69) is 5.32 Å². The fourth-order valence-corrected chi connectivity index (χ4v) is 2.54. The van der Waals surface area contributed by atoms with E-state index in [1.165, 1.54) is 6.07 Å². The van der Waals surface area contributed by atoms with Gasteiger partial charge in [-0.05, 0) is 36.4 Å². The van der Waals surface area contributed by atoms with Gasteiger partial charge in [-0.3, -0.25) is 4.79 Å². The number of halogens is 1. The quantitative estimate of drug-likeness (QED) is 0.781. The second-order valence-electron chi connectivity index (χ2n) is 5.15. The fraction of sp³-hybridized carbons (Fsp3) is 0.0556. The van der Waals surface area contributed by atoms with Gasteiger partial charge in [0.1, 0.15) is 17.3 Å². The maximum absolute atomic E-state index is 13.8. The van der Waals surface area contributed by atoms with E-state index in [-0.39, 0.29) is 11.7 Å². The summed E-state index contributed by atoms with van der Waals surface area (Å²) in [6.45, 7) is 0. The lowest BCUT2D eigenvalue weighted by Crippen LogP contribution is -2.36. The number of para-hydroxylation sites is 1. The Morgan fingerprint density at radius 3 is 2.48 bits per heavy atom. The standard InChI is InChI=1S/C18H12FNO3/c19-13-7-3-1-5-11(13)15-9-10-16(22-15)18-20-17(21)12-6-2-4-8-14(12)23-18/h1-10,18H,(H,20,21). The van der Waals surface area contributed by atoms with E-state index >= 15 is 0 Å². The minimum Gasteiger partial charge on any atom is -0.462 e. The first-order valence-electron chi connectivity index (χ1n) is 7.13. The molecule has 0 fully saturated rings. The highest BCUT2D eigenvalue weighted by Crippen LogP contribution is 2.32. The van der Waals surface area contributed by atoms with Crippen molar-refractivity contribution >= 4 is 5.91 Å².